The van der Waals surface area contributed by atoms with Crippen LogP contribution in [0.25, 0.3) is 0 Å². The Bertz CT molecular complexity index is 191. The molecule has 3 N–H and O–H groups in total. The quantitative estimate of drug-likeness (QED) is 0.548. The van der Waals surface area contributed by atoms with Gasteiger partial charge in [-0.1, -0.05) is 26.3 Å². The van der Waals surface area contributed by atoms with E-state index >= 15 is 0 Å². The molecule has 0 aromatic rings. The van der Waals surface area contributed by atoms with E-state index in [9.17, 15) is 4.79 Å². The van der Waals surface area contributed by atoms with Gasteiger partial charge in [-0.3, -0.25) is 0 Å². The standard InChI is InChI=1S/C11H20O2.H3N/c1-5-9(6-2)10(7-3)11(12)13-8-4;/h5-8H2,1-4H3;1H3. The van der Waals surface area contributed by atoms with E-state index < -0.39 is 0 Å². The van der Waals surface area contributed by atoms with E-state index in [2.05, 4.69) is 13.8 Å². The van der Waals surface area contributed by atoms with Crippen molar-refractivity contribution in [1.82, 2.24) is 6.15 Å². The molecule has 0 aliphatic heterocycles. The Labute approximate surface area is 87.1 Å². The molecular formula is C11H23NO2. The molecule has 0 rings (SSSR count). The monoisotopic (exact) mass is 201 g/mol. The third kappa shape index (κ3) is 4.42. The fraction of sp³-hybridized carbons (Fsp3) is 0.727. The van der Waals surface area contributed by atoms with Crippen LogP contribution >= 0.6 is 0 Å². The third-order valence-corrected chi connectivity index (χ3v) is 2.16. The molecule has 0 heterocycles. The summed E-state index contributed by atoms with van der Waals surface area (Å²) in [6.07, 6.45) is 2.66. The summed E-state index contributed by atoms with van der Waals surface area (Å²) in [5.41, 5.74) is 2.09. The molecule has 0 atom stereocenters. The number of rotatable bonds is 5. The summed E-state index contributed by atoms with van der Waals surface area (Å²) in [4.78, 5) is 11.5. The van der Waals surface area contributed by atoms with E-state index in [-0.39, 0.29) is 12.1 Å². The summed E-state index contributed by atoms with van der Waals surface area (Å²) < 4.78 is 4.98. The summed E-state index contributed by atoms with van der Waals surface area (Å²) in [6.45, 7) is 8.45. The smallest absolute Gasteiger partial charge is 0.333 e. The van der Waals surface area contributed by atoms with Gasteiger partial charge in [-0.2, -0.15) is 0 Å². The van der Waals surface area contributed by atoms with E-state index in [1.807, 2.05) is 13.8 Å². The Morgan fingerprint density at radius 1 is 1.00 bits per heavy atom. The zero-order chi connectivity index (χ0) is 10.3. The highest BCUT2D eigenvalue weighted by Gasteiger charge is 2.11. The summed E-state index contributed by atoms with van der Waals surface area (Å²) in [6, 6.07) is 0. The van der Waals surface area contributed by atoms with Crippen molar-refractivity contribution in [2.45, 2.75) is 47.0 Å². The van der Waals surface area contributed by atoms with Crippen molar-refractivity contribution >= 4 is 5.97 Å². The lowest BCUT2D eigenvalue weighted by Gasteiger charge is -2.09. The van der Waals surface area contributed by atoms with Crippen molar-refractivity contribution in [1.29, 1.82) is 0 Å². The normalized spacial score (nSPS) is 8.86. The Morgan fingerprint density at radius 2 is 1.50 bits per heavy atom. The Balaban J connectivity index is 0. The molecule has 3 nitrogen and oxygen atoms in total. The molecule has 0 aliphatic rings. The number of hydrogen-bond acceptors (Lipinski definition) is 3. The van der Waals surface area contributed by atoms with Gasteiger partial charge in [-0.05, 0) is 26.2 Å². The molecule has 84 valence electrons. The van der Waals surface area contributed by atoms with E-state index in [1.165, 1.54) is 5.57 Å². The van der Waals surface area contributed by atoms with Crippen LogP contribution in [0.4, 0.5) is 0 Å². The van der Waals surface area contributed by atoms with Crippen LogP contribution < -0.4 is 6.15 Å². The van der Waals surface area contributed by atoms with Crippen molar-refractivity contribution in [2.24, 2.45) is 0 Å². The van der Waals surface area contributed by atoms with Crippen LogP contribution in [0, 0.1) is 0 Å². The molecule has 0 radical (unpaired) electrons. The minimum atomic E-state index is -0.135. The topological polar surface area (TPSA) is 61.3 Å². The van der Waals surface area contributed by atoms with Gasteiger partial charge in [-0.25, -0.2) is 4.79 Å². The molecule has 0 saturated carbocycles. The lowest BCUT2D eigenvalue weighted by Crippen LogP contribution is -2.09. The highest BCUT2D eigenvalue weighted by atomic mass is 16.5. The Kier molecular flexibility index (Phi) is 9.78. The highest BCUT2D eigenvalue weighted by Crippen LogP contribution is 2.16. The molecule has 0 bridgehead atoms. The van der Waals surface area contributed by atoms with Gasteiger partial charge in [0.2, 0.25) is 0 Å². The molecule has 14 heavy (non-hydrogen) atoms. The van der Waals surface area contributed by atoms with Crippen LogP contribution in [0.15, 0.2) is 11.1 Å². The number of carbonyl (C=O) groups excluding carboxylic acids is 1. The van der Waals surface area contributed by atoms with Crippen molar-refractivity contribution in [3.05, 3.63) is 11.1 Å². The van der Waals surface area contributed by atoms with Gasteiger partial charge in [0.15, 0.2) is 0 Å². The van der Waals surface area contributed by atoms with Crippen molar-refractivity contribution in [3.8, 4) is 0 Å². The number of hydrogen-bond donors (Lipinski definition) is 1. The minimum Gasteiger partial charge on any atom is -0.463 e. The zero-order valence-electron chi connectivity index (χ0n) is 9.85. The molecule has 0 amide bonds. The second-order valence-electron chi connectivity index (χ2n) is 2.86. The fourth-order valence-electron chi connectivity index (χ4n) is 1.43. The van der Waals surface area contributed by atoms with Gasteiger partial charge in [-0.15, -0.1) is 0 Å². The van der Waals surface area contributed by atoms with E-state index in [0.717, 1.165) is 24.8 Å². The SMILES string of the molecule is CCOC(=O)C(CC)=C(CC)CC.N. The zero-order valence-corrected chi connectivity index (χ0v) is 9.85. The van der Waals surface area contributed by atoms with Gasteiger partial charge in [0.1, 0.15) is 0 Å². The Hall–Kier alpha value is -0.830. The van der Waals surface area contributed by atoms with E-state index in [1.54, 1.807) is 0 Å². The number of allylic oxidation sites excluding steroid dienone is 1. The largest absolute Gasteiger partial charge is 0.463 e. The highest BCUT2D eigenvalue weighted by molar-refractivity contribution is 5.89. The maximum atomic E-state index is 11.5. The molecular weight excluding hydrogens is 178 g/mol. The van der Waals surface area contributed by atoms with Crippen molar-refractivity contribution < 1.29 is 9.53 Å². The van der Waals surface area contributed by atoms with Crippen LogP contribution in [0.5, 0.6) is 0 Å². The molecule has 0 aromatic heterocycles. The third-order valence-electron chi connectivity index (χ3n) is 2.16. The minimum absolute atomic E-state index is 0. The van der Waals surface area contributed by atoms with Crippen LogP contribution in [0.2, 0.25) is 0 Å². The van der Waals surface area contributed by atoms with E-state index in [0.29, 0.717) is 6.61 Å². The van der Waals surface area contributed by atoms with Crippen LogP contribution in [0.3, 0.4) is 0 Å². The first-order valence-corrected chi connectivity index (χ1v) is 5.09. The first-order chi connectivity index (χ1) is 6.21. The van der Waals surface area contributed by atoms with Gasteiger partial charge >= 0.3 is 5.97 Å². The average Bonchev–Trinajstić information content (AvgIpc) is 2.14. The van der Waals surface area contributed by atoms with Gasteiger partial charge in [0.25, 0.3) is 0 Å². The van der Waals surface area contributed by atoms with Crippen LogP contribution in [0.1, 0.15) is 47.0 Å². The molecule has 0 aliphatic carbocycles. The summed E-state index contributed by atoms with van der Waals surface area (Å²) in [5.74, 6) is -0.135. The molecule has 0 fully saturated rings. The summed E-state index contributed by atoms with van der Waals surface area (Å²) in [7, 11) is 0. The van der Waals surface area contributed by atoms with Crippen molar-refractivity contribution in [3.63, 3.8) is 0 Å². The van der Waals surface area contributed by atoms with Crippen LogP contribution in [-0.4, -0.2) is 12.6 Å². The summed E-state index contributed by atoms with van der Waals surface area (Å²) >= 11 is 0. The van der Waals surface area contributed by atoms with Gasteiger partial charge in [0, 0.05) is 5.57 Å². The van der Waals surface area contributed by atoms with Crippen LogP contribution in [-0.2, 0) is 9.53 Å². The lowest BCUT2D eigenvalue weighted by atomic mass is 10.0. The van der Waals surface area contributed by atoms with Gasteiger partial charge in [0.05, 0.1) is 6.61 Å². The van der Waals surface area contributed by atoms with Crippen molar-refractivity contribution in [2.75, 3.05) is 6.61 Å². The van der Waals surface area contributed by atoms with Gasteiger partial charge < -0.3 is 10.9 Å². The maximum absolute atomic E-state index is 11.5. The summed E-state index contributed by atoms with van der Waals surface area (Å²) in [5, 5.41) is 0. The van der Waals surface area contributed by atoms with E-state index in [4.69, 9.17) is 4.74 Å². The molecule has 0 unspecified atom stereocenters. The molecule has 0 spiro atoms. The number of carbonyl (C=O) groups is 1. The maximum Gasteiger partial charge on any atom is 0.333 e. The second kappa shape index (κ2) is 8.75. The Morgan fingerprint density at radius 3 is 1.79 bits per heavy atom. The lowest BCUT2D eigenvalue weighted by molar-refractivity contribution is -0.138. The number of ether oxygens (including phenoxy) is 1. The molecule has 3 heteroatoms. The first-order valence-electron chi connectivity index (χ1n) is 5.09. The fourth-order valence-corrected chi connectivity index (χ4v) is 1.43. The number of esters is 1. The first kappa shape index (κ1) is 15.6. The molecule has 0 aromatic carbocycles. The predicted molar refractivity (Wildman–Crippen MR) is 59.6 cm³/mol. The average molecular weight is 201 g/mol. The molecule has 0 saturated heterocycles. The predicted octanol–water partition coefficient (Wildman–Crippen LogP) is 3.24. The second-order valence-corrected chi connectivity index (χ2v) is 2.86.